The maximum absolute atomic E-state index is 12.9. The average molecular weight is 420 g/mol. The van der Waals surface area contributed by atoms with Gasteiger partial charge in [-0.1, -0.05) is 25.1 Å². The molecule has 3 heterocycles. The summed E-state index contributed by atoms with van der Waals surface area (Å²) in [5.41, 5.74) is 0.441. The molecular formula is C21H23F3N4O2. The first-order chi connectivity index (χ1) is 14.2. The van der Waals surface area contributed by atoms with Gasteiger partial charge < -0.3 is 4.90 Å². The van der Waals surface area contributed by atoms with Crippen LogP contribution in [0.2, 0.25) is 0 Å². The van der Waals surface area contributed by atoms with Crippen LogP contribution in [-0.2, 0) is 12.7 Å². The molecule has 160 valence electrons. The maximum Gasteiger partial charge on any atom is 0.416 e. The van der Waals surface area contributed by atoms with Crippen LogP contribution in [0, 0.1) is 11.8 Å². The predicted molar refractivity (Wildman–Crippen MR) is 103 cm³/mol. The molecule has 1 amide bonds. The minimum Gasteiger partial charge on any atom is -0.322 e. The van der Waals surface area contributed by atoms with Crippen molar-refractivity contribution in [1.29, 1.82) is 0 Å². The van der Waals surface area contributed by atoms with Gasteiger partial charge in [0.15, 0.2) is 5.78 Å². The monoisotopic (exact) mass is 420 g/mol. The van der Waals surface area contributed by atoms with E-state index in [-0.39, 0.29) is 23.7 Å². The molecule has 2 aliphatic heterocycles. The summed E-state index contributed by atoms with van der Waals surface area (Å²) in [4.78, 5) is 28.3. The van der Waals surface area contributed by atoms with Crippen molar-refractivity contribution in [2.75, 3.05) is 26.2 Å². The van der Waals surface area contributed by atoms with Crippen molar-refractivity contribution in [3.63, 3.8) is 0 Å². The Morgan fingerprint density at radius 3 is 2.47 bits per heavy atom. The Kier molecular flexibility index (Phi) is 5.40. The first kappa shape index (κ1) is 20.6. The smallest absolute Gasteiger partial charge is 0.322 e. The van der Waals surface area contributed by atoms with Crippen LogP contribution in [-0.4, -0.2) is 57.6 Å². The zero-order valence-corrected chi connectivity index (χ0v) is 16.6. The first-order valence-corrected chi connectivity index (χ1v) is 10.00. The molecular weight excluding hydrogens is 397 g/mol. The minimum absolute atomic E-state index is 0.0578. The zero-order valence-electron chi connectivity index (χ0n) is 16.6. The molecule has 1 aromatic carbocycles. The molecule has 2 fully saturated rings. The van der Waals surface area contributed by atoms with Crippen molar-refractivity contribution in [3.05, 3.63) is 53.3 Å². The Bertz CT molecular complexity index is 942. The van der Waals surface area contributed by atoms with E-state index in [2.05, 4.69) is 10.00 Å². The molecule has 9 heteroatoms. The van der Waals surface area contributed by atoms with Crippen LogP contribution in [0.3, 0.4) is 0 Å². The van der Waals surface area contributed by atoms with Crippen LogP contribution in [0.4, 0.5) is 18.0 Å². The molecule has 4 rings (SSSR count). The highest BCUT2D eigenvalue weighted by molar-refractivity contribution is 5.96. The van der Waals surface area contributed by atoms with Gasteiger partial charge in [-0.3, -0.25) is 9.69 Å². The quantitative estimate of drug-likeness (QED) is 0.711. The number of rotatable bonds is 4. The van der Waals surface area contributed by atoms with E-state index < -0.39 is 11.7 Å². The van der Waals surface area contributed by atoms with Gasteiger partial charge in [0.25, 0.3) is 0 Å². The number of fused-ring (bicyclic) bond motifs is 1. The molecule has 0 aliphatic carbocycles. The number of aromatic nitrogens is 2. The van der Waals surface area contributed by atoms with E-state index in [0.29, 0.717) is 37.2 Å². The van der Waals surface area contributed by atoms with Crippen LogP contribution >= 0.6 is 0 Å². The van der Waals surface area contributed by atoms with E-state index in [4.69, 9.17) is 0 Å². The molecule has 0 saturated carbocycles. The van der Waals surface area contributed by atoms with Crippen molar-refractivity contribution in [1.82, 2.24) is 19.6 Å². The zero-order chi connectivity index (χ0) is 21.5. The molecule has 2 aromatic rings. The van der Waals surface area contributed by atoms with Crippen LogP contribution in [0.15, 0.2) is 36.7 Å². The normalized spacial score (nSPS) is 21.8. The number of likely N-dealkylation sites (tertiary alicyclic amines) is 2. The minimum atomic E-state index is -4.34. The van der Waals surface area contributed by atoms with Crippen LogP contribution in [0.5, 0.6) is 0 Å². The molecule has 2 unspecified atom stereocenters. The van der Waals surface area contributed by atoms with Gasteiger partial charge >= 0.3 is 12.2 Å². The summed E-state index contributed by atoms with van der Waals surface area (Å²) in [5.74, 6) is 0.511. The van der Waals surface area contributed by atoms with Crippen molar-refractivity contribution in [2.45, 2.75) is 26.1 Å². The molecule has 30 heavy (non-hydrogen) atoms. The molecule has 0 bridgehead atoms. The van der Waals surface area contributed by atoms with Gasteiger partial charge in [-0.15, -0.1) is 0 Å². The Labute approximate surface area is 172 Å². The molecule has 0 N–H and O–H groups in total. The van der Waals surface area contributed by atoms with Crippen molar-refractivity contribution < 1.29 is 22.8 Å². The number of Topliss-reactive ketones (excluding diaryl/α,β-unsaturated/α-hetero) is 1. The number of carbonyl (C=O) groups is 2. The van der Waals surface area contributed by atoms with Gasteiger partial charge in [0.05, 0.1) is 17.3 Å². The van der Waals surface area contributed by atoms with Gasteiger partial charge in [-0.2, -0.15) is 23.0 Å². The fourth-order valence-electron chi connectivity index (χ4n) is 4.40. The lowest BCUT2D eigenvalue weighted by Gasteiger charge is -2.21. The molecule has 2 saturated heterocycles. The van der Waals surface area contributed by atoms with Gasteiger partial charge in [0, 0.05) is 45.3 Å². The SMILES string of the molecule is CCC(=O)c1cnn(C(=O)N2CC3CN(Cc4cccc(C(F)(F)F)c4)CC3C2)c1. The van der Waals surface area contributed by atoms with Crippen molar-refractivity contribution in [2.24, 2.45) is 11.8 Å². The standard InChI is InChI=1S/C21H23F3N4O2/c1-2-19(29)15-7-25-28(13-15)20(30)27-11-16-9-26(10-17(16)12-27)8-14-4-3-5-18(6-14)21(22,23)24/h3-7,13,16-17H,2,8-12H2,1H3. The van der Waals surface area contributed by atoms with Crippen LogP contribution < -0.4 is 0 Å². The summed E-state index contributed by atoms with van der Waals surface area (Å²) in [7, 11) is 0. The maximum atomic E-state index is 12.9. The second-order valence-electron chi connectivity index (χ2n) is 8.05. The Morgan fingerprint density at radius 1 is 1.13 bits per heavy atom. The molecule has 2 aliphatic rings. The average Bonchev–Trinajstić information content (AvgIpc) is 3.41. The van der Waals surface area contributed by atoms with Gasteiger partial charge in [0.2, 0.25) is 0 Å². The van der Waals surface area contributed by atoms with Crippen LogP contribution in [0.25, 0.3) is 0 Å². The Balaban J connectivity index is 1.34. The third-order valence-electron chi connectivity index (χ3n) is 5.91. The number of hydrogen-bond donors (Lipinski definition) is 0. The topological polar surface area (TPSA) is 58.4 Å². The van der Waals surface area contributed by atoms with Crippen LogP contribution in [0.1, 0.15) is 34.8 Å². The molecule has 0 radical (unpaired) electrons. The highest BCUT2D eigenvalue weighted by Gasteiger charge is 2.42. The fraction of sp³-hybridized carbons (Fsp3) is 0.476. The van der Waals surface area contributed by atoms with Crippen molar-refractivity contribution in [3.8, 4) is 0 Å². The number of halogens is 3. The number of alkyl halides is 3. The third kappa shape index (κ3) is 4.12. The van der Waals surface area contributed by atoms with E-state index >= 15 is 0 Å². The number of amides is 1. The van der Waals surface area contributed by atoms with Gasteiger partial charge in [-0.05, 0) is 23.5 Å². The Morgan fingerprint density at radius 2 is 1.83 bits per heavy atom. The number of benzene rings is 1. The second-order valence-corrected chi connectivity index (χ2v) is 8.05. The molecule has 1 aromatic heterocycles. The lowest BCUT2D eigenvalue weighted by atomic mass is 10.0. The summed E-state index contributed by atoms with van der Waals surface area (Å²) >= 11 is 0. The lowest BCUT2D eigenvalue weighted by Crippen LogP contribution is -2.36. The summed E-state index contributed by atoms with van der Waals surface area (Å²) < 4.78 is 40.0. The summed E-state index contributed by atoms with van der Waals surface area (Å²) in [5, 5.41) is 4.02. The van der Waals surface area contributed by atoms with E-state index in [1.165, 1.54) is 29.2 Å². The number of ketones is 1. The first-order valence-electron chi connectivity index (χ1n) is 10.00. The van der Waals surface area contributed by atoms with Gasteiger partial charge in [-0.25, -0.2) is 4.79 Å². The predicted octanol–water partition coefficient (Wildman–Crippen LogP) is 3.53. The summed E-state index contributed by atoms with van der Waals surface area (Å²) in [6.45, 7) is 4.87. The van der Waals surface area contributed by atoms with Crippen molar-refractivity contribution >= 4 is 11.8 Å². The van der Waals surface area contributed by atoms with E-state index in [1.54, 1.807) is 17.9 Å². The highest BCUT2D eigenvalue weighted by atomic mass is 19.4. The Hall–Kier alpha value is -2.68. The number of nitrogens with zero attached hydrogens (tertiary/aromatic N) is 4. The largest absolute Gasteiger partial charge is 0.416 e. The summed E-state index contributed by atoms with van der Waals surface area (Å²) in [6.07, 6.45) is -1.10. The third-order valence-corrected chi connectivity index (χ3v) is 5.91. The number of carbonyl (C=O) groups excluding carboxylic acids is 2. The second kappa shape index (κ2) is 7.86. The van der Waals surface area contributed by atoms with Gasteiger partial charge in [0.1, 0.15) is 0 Å². The highest BCUT2D eigenvalue weighted by Crippen LogP contribution is 2.33. The fourth-order valence-corrected chi connectivity index (χ4v) is 4.40. The molecule has 2 atom stereocenters. The number of hydrogen-bond acceptors (Lipinski definition) is 4. The molecule has 6 nitrogen and oxygen atoms in total. The van der Waals surface area contributed by atoms with E-state index in [1.807, 2.05) is 0 Å². The molecule has 0 spiro atoms. The van der Waals surface area contributed by atoms with E-state index in [9.17, 15) is 22.8 Å². The lowest BCUT2D eigenvalue weighted by molar-refractivity contribution is -0.137. The summed E-state index contributed by atoms with van der Waals surface area (Å²) in [6, 6.07) is 5.20. The van der Waals surface area contributed by atoms with E-state index in [0.717, 1.165) is 19.2 Å².